The Morgan fingerprint density at radius 1 is 1.30 bits per heavy atom. The molecule has 23 heavy (non-hydrogen) atoms. The first-order valence-electron chi connectivity index (χ1n) is 7.74. The van der Waals surface area contributed by atoms with E-state index in [0.717, 1.165) is 6.07 Å². The van der Waals surface area contributed by atoms with E-state index in [1.165, 1.54) is 17.0 Å². The predicted octanol–water partition coefficient (Wildman–Crippen LogP) is 0.495. The van der Waals surface area contributed by atoms with Crippen LogP contribution < -0.4 is 0 Å². The highest BCUT2D eigenvalue weighted by Crippen LogP contribution is 2.27. The van der Waals surface area contributed by atoms with Crippen LogP contribution in [0.1, 0.15) is 18.4 Å². The van der Waals surface area contributed by atoms with E-state index in [2.05, 4.69) is 0 Å². The van der Waals surface area contributed by atoms with Crippen molar-refractivity contribution >= 4 is 5.91 Å². The summed E-state index contributed by atoms with van der Waals surface area (Å²) in [4.78, 5) is 15.8. The van der Waals surface area contributed by atoms with Crippen molar-refractivity contribution in [2.24, 2.45) is 0 Å². The molecule has 1 unspecified atom stereocenters. The van der Waals surface area contributed by atoms with E-state index in [1.807, 2.05) is 4.90 Å². The van der Waals surface area contributed by atoms with Gasteiger partial charge < -0.3 is 15.1 Å². The fourth-order valence-corrected chi connectivity index (χ4v) is 3.28. The topological polar surface area (TPSA) is 64.0 Å². The van der Waals surface area contributed by atoms with Crippen LogP contribution in [0, 0.1) is 11.6 Å². The Morgan fingerprint density at radius 3 is 2.74 bits per heavy atom. The lowest BCUT2D eigenvalue weighted by atomic mass is 9.89. The molecule has 1 atom stereocenters. The standard InChI is InChI=1S/C16H20F2N2O3/c17-13-4-1-3-11(14(13)18)7-20-6-2-5-16(23,15(20)22)10-19-8-12(21)9-19/h1,3-4,12,21,23H,2,5-10H2. The van der Waals surface area contributed by atoms with Gasteiger partial charge in [0.25, 0.3) is 5.91 Å². The molecule has 126 valence electrons. The van der Waals surface area contributed by atoms with E-state index in [-0.39, 0.29) is 18.7 Å². The number of carbonyl (C=O) groups is 1. The third-order valence-corrected chi connectivity index (χ3v) is 4.52. The van der Waals surface area contributed by atoms with Crippen molar-refractivity contribution in [2.75, 3.05) is 26.2 Å². The molecule has 2 N–H and O–H groups in total. The molecule has 1 aromatic carbocycles. The highest BCUT2D eigenvalue weighted by molar-refractivity contribution is 5.86. The van der Waals surface area contributed by atoms with Crippen molar-refractivity contribution in [3.63, 3.8) is 0 Å². The second-order valence-electron chi connectivity index (χ2n) is 6.42. The Balaban J connectivity index is 1.70. The maximum Gasteiger partial charge on any atom is 0.256 e. The molecule has 0 radical (unpaired) electrons. The molecule has 5 nitrogen and oxygen atoms in total. The molecule has 1 amide bonds. The fraction of sp³-hybridized carbons (Fsp3) is 0.562. The molecule has 1 aromatic rings. The normalized spacial score (nSPS) is 26.4. The number of nitrogens with zero attached hydrogens (tertiary/aromatic N) is 2. The predicted molar refractivity (Wildman–Crippen MR) is 78.4 cm³/mol. The lowest BCUT2D eigenvalue weighted by Crippen LogP contribution is -2.62. The van der Waals surface area contributed by atoms with Crippen LogP contribution in [0.4, 0.5) is 8.78 Å². The number of likely N-dealkylation sites (tertiary alicyclic amines) is 2. The number of β-amino-alcohol motifs (C(OH)–C–C–N with tert-alkyl or cyclic N) is 2. The monoisotopic (exact) mass is 326 g/mol. The molecule has 2 heterocycles. The first-order valence-corrected chi connectivity index (χ1v) is 7.74. The summed E-state index contributed by atoms with van der Waals surface area (Å²) in [6.07, 6.45) is 0.519. The van der Waals surface area contributed by atoms with Gasteiger partial charge in [0.15, 0.2) is 17.2 Å². The number of amides is 1. The maximum atomic E-state index is 13.8. The summed E-state index contributed by atoms with van der Waals surface area (Å²) >= 11 is 0. The number of piperidine rings is 1. The summed E-state index contributed by atoms with van der Waals surface area (Å²) in [6.45, 7) is 1.38. The number of rotatable bonds is 4. The fourth-order valence-electron chi connectivity index (χ4n) is 3.28. The van der Waals surface area contributed by atoms with Gasteiger partial charge in [-0.2, -0.15) is 0 Å². The number of benzene rings is 1. The number of halogens is 2. The van der Waals surface area contributed by atoms with Crippen molar-refractivity contribution < 1.29 is 23.8 Å². The molecule has 0 aromatic heterocycles. The van der Waals surface area contributed by atoms with Crippen molar-refractivity contribution in [1.82, 2.24) is 9.80 Å². The summed E-state index contributed by atoms with van der Waals surface area (Å²) in [5.41, 5.74) is -1.43. The minimum Gasteiger partial charge on any atom is -0.390 e. The Hall–Kier alpha value is -1.57. The van der Waals surface area contributed by atoms with Crippen molar-refractivity contribution in [3.8, 4) is 0 Å². The minimum atomic E-state index is -1.53. The Morgan fingerprint density at radius 2 is 2.04 bits per heavy atom. The Labute approximate surface area is 133 Å². The maximum absolute atomic E-state index is 13.8. The highest BCUT2D eigenvalue weighted by atomic mass is 19.2. The third-order valence-electron chi connectivity index (χ3n) is 4.52. The molecular weight excluding hydrogens is 306 g/mol. The molecule has 2 aliphatic heterocycles. The van der Waals surface area contributed by atoms with Crippen molar-refractivity contribution in [3.05, 3.63) is 35.4 Å². The molecule has 0 saturated carbocycles. The molecule has 3 rings (SSSR count). The summed E-state index contributed by atoms with van der Waals surface area (Å²) in [7, 11) is 0. The van der Waals surface area contributed by atoms with E-state index < -0.39 is 29.2 Å². The van der Waals surface area contributed by atoms with Gasteiger partial charge in [-0.15, -0.1) is 0 Å². The van der Waals surface area contributed by atoms with Gasteiger partial charge in [0, 0.05) is 38.3 Å². The SMILES string of the molecule is O=C1N(Cc2cccc(F)c2F)CCCC1(O)CN1CC(O)C1. The number of carbonyl (C=O) groups excluding carboxylic acids is 1. The smallest absolute Gasteiger partial charge is 0.256 e. The second-order valence-corrected chi connectivity index (χ2v) is 6.42. The van der Waals surface area contributed by atoms with Crippen molar-refractivity contribution in [1.29, 1.82) is 0 Å². The average molecular weight is 326 g/mol. The average Bonchev–Trinajstić information content (AvgIpc) is 2.47. The van der Waals surface area contributed by atoms with Gasteiger partial charge in [0.1, 0.15) is 0 Å². The van der Waals surface area contributed by atoms with Crippen LogP contribution in [0.3, 0.4) is 0 Å². The number of aliphatic hydroxyl groups excluding tert-OH is 1. The second kappa shape index (κ2) is 6.14. The first kappa shape index (κ1) is 16.3. The largest absolute Gasteiger partial charge is 0.390 e. The first-order chi connectivity index (χ1) is 10.9. The molecular formula is C16H20F2N2O3. The quantitative estimate of drug-likeness (QED) is 0.846. The van der Waals surface area contributed by atoms with E-state index in [0.29, 0.717) is 32.5 Å². The molecule has 0 spiro atoms. The zero-order valence-corrected chi connectivity index (χ0v) is 12.7. The Kier molecular flexibility index (Phi) is 4.35. The molecule has 2 aliphatic rings. The molecule has 0 bridgehead atoms. The van der Waals surface area contributed by atoms with Crippen LogP contribution in [0.2, 0.25) is 0 Å². The van der Waals surface area contributed by atoms with Crippen LogP contribution in [-0.4, -0.2) is 63.8 Å². The van der Waals surface area contributed by atoms with Crippen LogP contribution in [-0.2, 0) is 11.3 Å². The van der Waals surface area contributed by atoms with Crippen LogP contribution in [0.5, 0.6) is 0 Å². The molecule has 7 heteroatoms. The molecule has 0 aliphatic carbocycles. The van der Waals surface area contributed by atoms with Gasteiger partial charge >= 0.3 is 0 Å². The van der Waals surface area contributed by atoms with Crippen LogP contribution in [0.25, 0.3) is 0 Å². The van der Waals surface area contributed by atoms with E-state index in [4.69, 9.17) is 0 Å². The Bertz CT molecular complexity index is 607. The van der Waals surface area contributed by atoms with E-state index in [9.17, 15) is 23.8 Å². The van der Waals surface area contributed by atoms with Crippen molar-refractivity contribution in [2.45, 2.75) is 31.1 Å². The lowest BCUT2D eigenvalue weighted by Gasteiger charge is -2.44. The summed E-state index contributed by atoms with van der Waals surface area (Å²) in [5.74, 6) is -2.37. The number of hydrogen-bond donors (Lipinski definition) is 2. The minimum absolute atomic E-state index is 0.0621. The zero-order valence-electron chi connectivity index (χ0n) is 12.7. The van der Waals surface area contributed by atoms with Gasteiger partial charge in [-0.25, -0.2) is 8.78 Å². The van der Waals surface area contributed by atoms with Gasteiger partial charge in [0.05, 0.1) is 6.10 Å². The van der Waals surface area contributed by atoms with E-state index >= 15 is 0 Å². The third kappa shape index (κ3) is 3.22. The molecule has 2 fully saturated rings. The summed E-state index contributed by atoms with van der Waals surface area (Å²) in [6, 6.07) is 3.86. The van der Waals surface area contributed by atoms with Gasteiger partial charge in [0.2, 0.25) is 0 Å². The van der Waals surface area contributed by atoms with Crippen LogP contribution >= 0.6 is 0 Å². The number of hydrogen-bond acceptors (Lipinski definition) is 4. The van der Waals surface area contributed by atoms with E-state index in [1.54, 1.807) is 0 Å². The van der Waals surface area contributed by atoms with Gasteiger partial charge in [-0.1, -0.05) is 12.1 Å². The number of aliphatic hydroxyl groups is 2. The molecule has 2 saturated heterocycles. The lowest BCUT2D eigenvalue weighted by molar-refractivity contribution is -0.163. The zero-order chi connectivity index (χ0) is 16.6. The highest BCUT2D eigenvalue weighted by Gasteiger charge is 2.45. The summed E-state index contributed by atoms with van der Waals surface area (Å²) in [5, 5.41) is 20.0. The van der Waals surface area contributed by atoms with Gasteiger partial charge in [-0.05, 0) is 18.9 Å². The summed E-state index contributed by atoms with van der Waals surface area (Å²) < 4.78 is 27.1. The van der Waals surface area contributed by atoms with Gasteiger partial charge in [-0.3, -0.25) is 9.69 Å². The van der Waals surface area contributed by atoms with Crippen LogP contribution in [0.15, 0.2) is 18.2 Å².